The van der Waals surface area contributed by atoms with E-state index in [1.54, 1.807) is 0 Å². The summed E-state index contributed by atoms with van der Waals surface area (Å²) in [6.45, 7) is 3.19. The highest BCUT2D eigenvalue weighted by Crippen LogP contribution is 2.43. The lowest BCUT2D eigenvalue weighted by Crippen LogP contribution is -2.59. The van der Waals surface area contributed by atoms with Gasteiger partial charge in [0.05, 0.1) is 21.2 Å². The molecular weight excluding hydrogens is 480 g/mol. The van der Waals surface area contributed by atoms with Gasteiger partial charge >= 0.3 is 0 Å². The van der Waals surface area contributed by atoms with Crippen molar-refractivity contribution in [3.05, 3.63) is 46.5 Å². The molecule has 0 spiro atoms. The first-order valence-corrected chi connectivity index (χ1v) is 12.0. The molecule has 0 amide bonds. The van der Waals surface area contributed by atoms with E-state index < -0.39 is 5.82 Å². The number of benzene rings is 2. The van der Waals surface area contributed by atoms with Gasteiger partial charge in [-0.05, 0) is 38.7 Å². The lowest BCUT2D eigenvalue weighted by molar-refractivity contribution is -0.0458. The third-order valence-electron chi connectivity index (χ3n) is 6.40. The van der Waals surface area contributed by atoms with Crippen LogP contribution in [-0.2, 0) is 0 Å². The van der Waals surface area contributed by atoms with Gasteiger partial charge < -0.3 is 25.0 Å². The molecule has 34 heavy (non-hydrogen) atoms. The van der Waals surface area contributed by atoms with Crippen LogP contribution in [-0.4, -0.2) is 61.3 Å². The fourth-order valence-corrected chi connectivity index (χ4v) is 4.81. The van der Waals surface area contributed by atoms with Crippen molar-refractivity contribution in [3.8, 4) is 11.5 Å². The quantitative estimate of drug-likeness (QED) is 0.428. The van der Waals surface area contributed by atoms with Crippen LogP contribution in [0.2, 0.25) is 10.0 Å². The van der Waals surface area contributed by atoms with E-state index in [9.17, 15) is 4.39 Å². The molecule has 2 heterocycles. The number of halogens is 3. The summed E-state index contributed by atoms with van der Waals surface area (Å²) in [5.41, 5.74) is 0.823. The summed E-state index contributed by atoms with van der Waals surface area (Å²) in [4.78, 5) is 10.8. The van der Waals surface area contributed by atoms with Crippen LogP contribution in [0, 0.1) is 17.7 Å². The molecule has 10 heteroatoms. The number of nitrogens with one attached hydrogen (secondary N) is 2. The largest absolute Gasteiger partial charge is 0.488 e. The number of likely N-dealkylation sites (N-methyl/N-ethyl adjacent to an activating group) is 1. The molecule has 5 rings (SSSR count). The van der Waals surface area contributed by atoms with Crippen molar-refractivity contribution in [3.63, 3.8) is 0 Å². The number of fused-ring (bicyclic) bond motifs is 3. The predicted octanol–water partition coefficient (Wildman–Crippen LogP) is 4.75. The first kappa shape index (κ1) is 23.4. The lowest BCUT2D eigenvalue weighted by atomic mass is 9.69. The second kappa shape index (κ2) is 9.70. The van der Waals surface area contributed by atoms with Crippen molar-refractivity contribution in [1.82, 2.24) is 20.2 Å². The Morgan fingerprint density at radius 1 is 1.15 bits per heavy atom. The number of ether oxygens (including phenoxy) is 2. The molecule has 3 aromatic rings. The SMILES string of the molecule is CN(C)CCOc1cc2ncnc(Nc3ccc(Cl)c(Cl)c3F)c2cc1OC1[C@@H]2CNC[C@H]1C2. The summed E-state index contributed by atoms with van der Waals surface area (Å²) in [6.07, 6.45) is 2.74. The van der Waals surface area contributed by atoms with Crippen molar-refractivity contribution in [2.75, 3.05) is 45.7 Å². The van der Waals surface area contributed by atoms with Gasteiger partial charge in [0.25, 0.3) is 0 Å². The number of nitrogens with zero attached hydrogens (tertiary/aromatic N) is 3. The zero-order valence-electron chi connectivity index (χ0n) is 18.9. The molecule has 3 atom stereocenters. The van der Waals surface area contributed by atoms with E-state index in [0.29, 0.717) is 46.7 Å². The Balaban J connectivity index is 1.50. The zero-order chi connectivity index (χ0) is 23.8. The van der Waals surface area contributed by atoms with Crippen LogP contribution in [0.25, 0.3) is 10.9 Å². The molecular formula is C24H26Cl2FN5O2. The average Bonchev–Trinajstić information content (AvgIpc) is 2.83. The van der Waals surface area contributed by atoms with Crippen molar-refractivity contribution in [1.29, 1.82) is 0 Å². The fraction of sp³-hybridized carbons (Fsp3) is 0.417. The maximum atomic E-state index is 14.7. The number of hydrogen-bond donors (Lipinski definition) is 2. The molecule has 1 saturated heterocycles. The molecule has 7 nitrogen and oxygen atoms in total. The maximum absolute atomic E-state index is 14.7. The molecule has 1 aliphatic heterocycles. The van der Waals surface area contributed by atoms with Crippen LogP contribution in [0.15, 0.2) is 30.6 Å². The van der Waals surface area contributed by atoms with Crippen LogP contribution < -0.4 is 20.1 Å². The van der Waals surface area contributed by atoms with E-state index in [2.05, 4.69) is 25.5 Å². The normalized spacial score (nSPS) is 21.4. The van der Waals surface area contributed by atoms with E-state index in [1.807, 2.05) is 26.2 Å². The number of aromatic nitrogens is 2. The second-order valence-corrected chi connectivity index (χ2v) is 9.82. The summed E-state index contributed by atoms with van der Waals surface area (Å²) in [6, 6.07) is 6.79. The van der Waals surface area contributed by atoms with E-state index >= 15 is 0 Å². The minimum absolute atomic E-state index is 0.142. The number of rotatable bonds is 8. The van der Waals surface area contributed by atoms with Crippen LogP contribution in [0.1, 0.15) is 6.42 Å². The molecule has 1 aromatic heterocycles. The summed E-state index contributed by atoms with van der Waals surface area (Å²) in [5, 5.41) is 7.15. The monoisotopic (exact) mass is 505 g/mol. The Kier molecular flexibility index (Phi) is 6.66. The molecule has 1 aliphatic carbocycles. The van der Waals surface area contributed by atoms with E-state index in [4.69, 9.17) is 32.7 Å². The van der Waals surface area contributed by atoms with Gasteiger partial charge in [0.2, 0.25) is 0 Å². The summed E-state index contributed by atoms with van der Waals surface area (Å²) < 4.78 is 27.3. The third-order valence-corrected chi connectivity index (χ3v) is 7.18. The lowest BCUT2D eigenvalue weighted by Gasteiger charge is -2.49. The first-order valence-electron chi connectivity index (χ1n) is 11.2. The van der Waals surface area contributed by atoms with Gasteiger partial charge in [-0.15, -0.1) is 0 Å². The van der Waals surface area contributed by atoms with Gasteiger partial charge in [0.15, 0.2) is 17.3 Å². The van der Waals surface area contributed by atoms with Gasteiger partial charge in [0.1, 0.15) is 24.9 Å². The van der Waals surface area contributed by atoms with E-state index in [0.717, 1.165) is 19.6 Å². The Labute approximate surface area is 207 Å². The molecule has 180 valence electrons. The Morgan fingerprint density at radius 2 is 1.94 bits per heavy atom. The van der Waals surface area contributed by atoms with E-state index in [-0.39, 0.29) is 21.8 Å². The molecule has 2 bridgehead atoms. The standard InChI is InChI=1S/C24H26Cl2FN5O2/c1-32(2)5-6-33-19-9-18-15(8-20(19)34-23-13-7-14(23)11-28-10-13)24(30-12-29-18)31-17-4-3-16(25)21(26)22(17)27/h3-4,8-9,12-14,23,28H,5-7,10-11H2,1-2H3,(H,29,30,31)/t13-,14+,23?. The highest BCUT2D eigenvalue weighted by molar-refractivity contribution is 6.42. The van der Waals surface area contributed by atoms with Crippen molar-refractivity contribution in [2.45, 2.75) is 12.5 Å². The van der Waals surface area contributed by atoms with Crippen LogP contribution in [0.5, 0.6) is 11.5 Å². The van der Waals surface area contributed by atoms with Crippen LogP contribution >= 0.6 is 23.2 Å². The maximum Gasteiger partial charge on any atom is 0.166 e. The Bertz CT molecular complexity index is 1200. The minimum Gasteiger partial charge on any atom is -0.488 e. The molecule has 2 aromatic carbocycles. The number of piperidine rings is 2. The Morgan fingerprint density at radius 3 is 2.68 bits per heavy atom. The van der Waals surface area contributed by atoms with Crippen molar-refractivity contribution in [2.24, 2.45) is 11.8 Å². The topological polar surface area (TPSA) is 71.5 Å². The summed E-state index contributed by atoms with van der Waals surface area (Å²) >= 11 is 11.9. The third kappa shape index (κ3) is 4.60. The van der Waals surface area contributed by atoms with Crippen molar-refractivity contribution >= 4 is 45.6 Å². The zero-order valence-corrected chi connectivity index (χ0v) is 20.5. The molecule has 0 radical (unpaired) electrons. The predicted molar refractivity (Wildman–Crippen MR) is 132 cm³/mol. The highest BCUT2D eigenvalue weighted by Gasteiger charge is 2.45. The molecule has 1 saturated carbocycles. The Hall–Kier alpha value is -2.39. The molecule has 2 N–H and O–H groups in total. The van der Waals surface area contributed by atoms with Crippen LogP contribution in [0.3, 0.4) is 0 Å². The van der Waals surface area contributed by atoms with E-state index in [1.165, 1.54) is 24.9 Å². The number of hydrogen-bond acceptors (Lipinski definition) is 7. The van der Waals surface area contributed by atoms with Crippen LogP contribution in [0.4, 0.5) is 15.9 Å². The fourth-order valence-electron chi connectivity index (χ4n) is 4.50. The second-order valence-electron chi connectivity index (χ2n) is 9.03. The smallest absolute Gasteiger partial charge is 0.166 e. The van der Waals surface area contributed by atoms with Gasteiger partial charge in [-0.25, -0.2) is 14.4 Å². The molecule has 1 unspecified atom stereocenters. The molecule has 2 aliphatic rings. The average molecular weight is 506 g/mol. The van der Waals surface area contributed by atoms with Crippen molar-refractivity contribution < 1.29 is 13.9 Å². The summed E-state index contributed by atoms with van der Waals surface area (Å²) in [5.74, 6) is 2.04. The van der Waals surface area contributed by atoms with Gasteiger partial charge in [0, 0.05) is 42.9 Å². The minimum atomic E-state index is -0.643. The first-order chi connectivity index (χ1) is 16.4. The van der Waals surface area contributed by atoms with Gasteiger partial charge in [-0.3, -0.25) is 0 Å². The number of anilines is 2. The van der Waals surface area contributed by atoms with Gasteiger partial charge in [-0.2, -0.15) is 0 Å². The molecule has 2 fully saturated rings. The van der Waals surface area contributed by atoms with Gasteiger partial charge in [-0.1, -0.05) is 23.2 Å². The highest BCUT2D eigenvalue weighted by atomic mass is 35.5. The summed E-state index contributed by atoms with van der Waals surface area (Å²) in [7, 11) is 3.99.